The zero-order valence-corrected chi connectivity index (χ0v) is 21.7. The summed E-state index contributed by atoms with van der Waals surface area (Å²) in [6.45, 7) is 13.5. The SMILES string of the molecule is CC(C)[C@H]1CC[C@H](C)C[C@@H]1OC(=O)[C@@H]1C2C=CC(C2)[C@H]1C(=O)O[C@H]1C[C@@H](C)CC[C@@H]1C(C)C. The molecule has 0 aliphatic heterocycles. The van der Waals surface area contributed by atoms with Gasteiger partial charge in [0.25, 0.3) is 0 Å². The molecule has 0 amide bonds. The van der Waals surface area contributed by atoms with Gasteiger partial charge in [-0.1, -0.05) is 66.5 Å². The minimum absolute atomic E-state index is 0.0226. The first kappa shape index (κ1) is 24.8. The molecule has 0 N–H and O–H groups in total. The summed E-state index contributed by atoms with van der Waals surface area (Å²) in [5.74, 6) is 2.16. The molecule has 0 saturated heterocycles. The smallest absolute Gasteiger partial charge is 0.310 e. The molecule has 0 aromatic heterocycles. The zero-order valence-electron chi connectivity index (χ0n) is 21.7. The molecule has 4 aliphatic rings. The van der Waals surface area contributed by atoms with Gasteiger partial charge < -0.3 is 9.47 Å². The summed E-state index contributed by atoms with van der Waals surface area (Å²) in [6.07, 6.45) is 11.7. The van der Waals surface area contributed by atoms with Crippen LogP contribution >= 0.6 is 0 Å². The Morgan fingerprint density at radius 1 is 0.667 bits per heavy atom. The summed E-state index contributed by atoms with van der Waals surface area (Å²) in [6, 6.07) is 0. The Morgan fingerprint density at radius 3 is 1.42 bits per heavy atom. The van der Waals surface area contributed by atoms with Crippen LogP contribution in [0.1, 0.15) is 86.5 Å². The van der Waals surface area contributed by atoms with Gasteiger partial charge in [0.15, 0.2) is 0 Å². The van der Waals surface area contributed by atoms with Crippen molar-refractivity contribution in [3.05, 3.63) is 12.2 Å². The van der Waals surface area contributed by atoms with Gasteiger partial charge in [-0.3, -0.25) is 9.59 Å². The lowest BCUT2D eigenvalue weighted by atomic mass is 9.75. The van der Waals surface area contributed by atoms with Gasteiger partial charge in [-0.05, 0) is 79.4 Å². The molecule has 2 bridgehead atoms. The van der Waals surface area contributed by atoms with E-state index >= 15 is 0 Å². The minimum atomic E-state index is -0.379. The van der Waals surface area contributed by atoms with Crippen molar-refractivity contribution in [2.45, 2.75) is 98.7 Å². The molecular weight excluding hydrogens is 412 g/mol. The fourth-order valence-electron chi connectivity index (χ4n) is 7.42. The largest absolute Gasteiger partial charge is 0.462 e. The monoisotopic (exact) mass is 458 g/mol. The van der Waals surface area contributed by atoms with Gasteiger partial charge in [-0.15, -0.1) is 0 Å². The van der Waals surface area contributed by atoms with Gasteiger partial charge in [-0.2, -0.15) is 0 Å². The van der Waals surface area contributed by atoms with E-state index in [9.17, 15) is 9.59 Å². The van der Waals surface area contributed by atoms with Crippen molar-refractivity contribution in [3.63, 3.8) is 0 Å². The molecule has 0 aromatic rings. The van der Waals surface area contributed by atoms with E-state index in [1.54, 1.807) is 0 Å². The van der Waals surface area contributed by atoms with E-state index < -0.39 is 0 Å². The van der Waals surface area contributed by atoms with Crippen LogP contribution in [0.25, 0.3) is 0 Å². The molecule has 0 spiro atoms. The summed E-state index contributed by atoms with van der Waals surface area (Å²) in [4.78, 5) is 27.1. The predicted octanol–water partition coefficient (Wildman–Crippen LogP) is 6.43. The van der Waals surface area contributed by atoms with Crippen LogP contribution in [0.2, 0.25) is 0 Å². The Balaban J connectivity index is 1.47. The number of fused-ring (bicyclic) bond motifs is 2. The average molecular weight is 459 g/mol. The maximum atomic E-state index is 13.5. The molecule has 3 saturated carbocycles. The highest BCUT2D eigenvalue weighted by atomic mass is 16.6. The third-order valence-corrected chi connectivity index (χ3v) is 9.46. The van der Waals surface area contributed by atoms with E-state index in [0.29, 0.717) is 35.5 Å². The van der Waals surface area contributed by atoms with Gasteiger partial charge in [-0.25, -0.2) is 0 Å². The third-order valence-electron chi connectivity index (χ3n) is 9.46. The van der Waals surface area contributed by atoms with Gasteiger partial charge in [0, 0.05) is 0 Å². The Morgan fingerprint density at radius 2 is 1.06 bits per heavy atom. The number of ether oxygens (including phenoxy) is 2. The van der Waals surface area contributed by atoms with E-state index in [1.807, 2.05) is 0 Å². The maximum absolute atomic E-state index is 13.5. The summed E-state index contributed by atoms with van der Waals surface area (Å²) >= 11 is 0. The molecule has 0 heterocycles. The summed E-state index contributed by atoms with van der Waals surface area (Å²) in [5, 5.41) is 0. The molecular formula is C29H46O4. The highest BCUT2D eigenvalue weighted by Crippen LogP contribution is 2.50. The third kappa shape index (κ3) is 5.20. The standard InChI is InChI=1S/C29H46O4/c1-16(2)22-11-7-18(5)13-24(22)32-28(30)26-20-9-10-21(15-20)27(26)29(31)33-25-14-19(6)8-12-23(25)17(3)4/h9-10,16-27H,7-8,11-15H2,1-6H3/t18-,19-,20?,21?,22+,23+,24-,25-,26+,27+/m0/s1. The quantitative estimate of drug-likeness (QED) is 0.340. The second kappa shape index (κ2) is 10.1. The summed E-state index contributed by atoms with van der Waals surface area (Å²) in [7, 11) is 0. The molecule has 4 heteroatoms. The van der Waals surface area contributed by atoms with E-state index in [2.05, 4.69) is 53.7 Å². The molecule has 4 nitrogen and oxygen atoms in total. The van der Waals surface area contributed by atoms with Crippen molar-refractivity contribution < 1.29 is 19.1 Å². The van der Waals surface area contributed by atoms with Crippen LogP contribution in [0.4, 0.5) is 0 Å². The number of esters is 2. The number of allylic oxidation sites excluding steroid dienone is 2. The lowest BCUT2D eigenvalue weighted by molar-refractivity contribution is -0.174. The predicted molar refractivity (Wildman–Crippen MR) is 130 cm³/mol. The average Bonchev–Trinajstić information content (AvgIpc) is 3.35. The second-order valence-electron chi connectivity index (χ2n) is 12.6. The molecule has 4 aliphatic carbocycles. The molecule has 0 radical (unpaired) electrons. The molecule has 3 fully saturated rings. The maximum Gasteiger partial charge on any atom is 0.310 e. The second-order valence-corrected chi connectivity index (χ2v) is 12.6. The summed E-state index contributed by atoms with van der Waals surface area (Å²) < 4.78 is 12.5. The Hall–Kier alpha value is -1.32. The van der Waals surface area contributed by atoms with Crippen LogP contribution in [-0.2, 0) is 19.1 Å². The number of hydrogen-bond acceptors (Lipinski definition) is 4. The molecule has 2 unspecified atom stereocenters. The van der Waals surface area contributed by atoms with Crippen molar-refractivity contribution in [1.29, 1.82) is 0 Å². The lowest BCUT2D eigenvalue weighted by Gasteiger charge is -2.39. The highest BCUT2D eigenvalue weighted by Gasteiger charge is 2.54. The Bertz CT molecular complexity index is 680. The summed E-state index contributed by atoms with van der Waals surface area (Å²) in [5.41, 5.74) is 0. The molecule has 33 heavy (non-hydrogen) atoms. The number of carbonyl (C=O) groups is 2. The van der Waals surface area contributed by atoms with Crippen molar-refractivity contribution in [3.8, 4) is 0 Å². The highest BCUT2D eigenvalue weighted by molar-refractivity contribution is 5.84. The van der Waals surface area contributed by atoms with Gasteiger partial charge in [0.2, 0.25) is 0 Å². The molecule has 4 rings (SSSR count). The number of hydrogen-bond donors (Lipinski definition) is 0. The fraction of sp³-hybridized carbons (Fsp3) is 0.862. The molecule has 10 atom stereocenters. The first-order valence-electron chi connectivity index (χ1n) is 13.7. The van der Waals surface area contributed by atoms with Crippen LogP contribution in [-0.4, -0.2) is 24.1 Å². The first-order valence-corrected chi connectivity index (χ1v) is 13.7. The molecule has 0 aromatic carbocycles. The van der Waals surface area contributed by atoms with Crippen molar-refractivity contribution in [1.82, 2.24) is 0 Å². The van der Waals surface area contributed by atoms with Crippen LogP contribution < -0.4 is 0 Å². The fourth-order valence-corrected chi connectivity index (χ4v) is 7.42. The molecule has 186 valence electrons. The van der Waals surface area contributed by atoms with Crippen LogP contribution in [0.3, 0.4) is 0 Å². The van der Waals surface area contributed by atoms with Crippen molar-refractivity contribution in [2.75, 3.05) is 0 Å². The van der Waals surface area contributed by atoms with Crippen LogP contribution in [0, 0.1) is 59.2 Å². The normalized spacial score (nSPS) is 42.7. The van der Waals surface area contributed by atoms with Crippen molar-refractivity contribution in [2.24, 2.45) is 59.2 Å². The van der Waals surface area contributed by atoms with Gasteiger partial charge >= 0.3 is 11.9 Å². The first-order chi connectivity index (χ1) is 15.7. The zero-order chi connectivity index (χ0) is 23.9. The number of rotatable bonds is 6. The van der Waals surface area contributed by atoms with E-state index in [0.717, 1.165) is 32.1 Å². The van der Waals surface area contributed by atoms with E-state index in [-0.39, 0.29) is 47.8 Å². The van der Waals surface area contributed by atoms with Crippen molar-refractivity contribution >= 4 is 11.9 Å². The van der Waals surface area contributed by atoms with Crippen LogP contribution in [0.15, 0.2) is 12.2 Å². The minimum Gasteiger partial charge on any atom is -0.462 e. The van der Waals surface area contributed by atoms with E-state index in [4.69, 9.17) is 9.47 Å². The van der Waals surface area contributed by atoms with Gasteiger partial charge in [0.05, 0.1) is 11.8 Å². The van der Waals surface area contributed by atoms with E-state index in [1.165, 1.54) is 12.8 Å². The van der Waals surface area contributed by atoms with Gasteiger partial charge in [0.1, 0.15) is 12.2 Å². The Kier molecular flexibility index (Phi) is 7.60. The van der Waals surface area contributed by atoms with Crippen LogP contribution in [0.5, 0.6) is 0 Å². The topological polar surface area (TPSA) is 52.6 Å². The number of carbonyl (C=O) groups excluding carboxylic acids is 2. The Labute approximate surface area is 201 Å². The lowest BCUT2D eigenvalue weighted by Crippen LogP contribution is -2.43.